The van der Waals surface area contributed by atoms with Gasteiger partial charge in [0.1, 0.15) is 0 Å². The number of fused-ring (bicyclic) bond motifs is 2. The Morgan fingerprint density at radius 1 is 1.29 bits per heavy atom. The van der Waals surface area contributed by atoms with Gasteiger partial charge in [-0.2, -0.15) is 0 Å². The minimum atomic E-state index is -0.349. The van der Waals surface area contributed by atoms with Gasteiger partial charge in [0, 0.05) is 44.2 Å². The number of hydrogen-bond acceptors (Lipinski definition) is 4. The molecule has 2 fully saturated rings. The number of nitro groups is 1. The van der Waals surface area contributed by atoms with Crippen LogP contribution < -0.4 is 0 Å². The summed E-state index contributed by atoms with van der Waals surface area (Å²) in [6.45, 7) is 4.30. The molecule has 1 aromatic rings. The lowest BCUT2D eigenvalue weighted by Crippen LogP contribution is -2.55. The Bertz CT molecular complexity index is 645. The fourth-order valence-electron chi connectivity index (χ4n) is 3.81. The first-order valence-electron chi connectivity index (χ1n) is 8.53. The summed E-state index contributed by atoms with van der Waals surface area (Å²) in [6, 6.07) is 7.61. The molecule has 2 unspecified atom stereocenters. The molecule has 1 aromatic carbocycles. The first kappa shape index (κ1) is 16.6. The van der Waals surface area contributed by atoms with Crippen LogP contribution in [0.3, 0.4) is 0 Å². The maximum Gasteiger partial charge on any atom is 0.276 e. The Balaban J connectivity index is 1.64. The molecule has 2 bridgehead atoms. The summed E-state index contributed by atoms with van der Waals surface area (Å²) in [7, 11) is 0. The normalized spacial score (nSPS) is 23.8. The number of rotatable bonds is 5. The maximum atomic E-state index is 11.9. The molecule has 2 aliphatic rings. The van der Waals surface area contributed by atoms with Gasteiger partial charge in [-0.1, -0.05) is 31.2 Å². The van der Waals surface area contributed by atoms with Gasteiger partial charge in [0.2, 0.25) is 5.91 Å². The second kappa shape index (κ2) is 7.13. The number of likely N-dealkylation sites (tertiary alicyclic amines) is 1. The van der Waals surface area contributed by atoms with Crippen LogP contribution in [0.4, 0.5) is 5.69 Å². The topological polar surface area (TPSA) is 66.7 Å². The molecule has 0 aliphatic carbocycles. The van der Waals surface area contributed by atoms with Crippen LogP contribution in [-0.2, 0) is 4.79 Å². The van der Waals surface area contributed by atoms with Crippen molar-refractivity contribution in [3.8, 4) is 0 Å². The van der Waals surface area contributed by atoms with Crippen LogP contribution in [0.15, 0.2) is 30.3 Å². The molecule has 2 atom stereocenters. The van der Waals surface area contributed by atoms with E-state index in [4.69, 9.17) is 0 Å². The molecule has 0 saturated carbocycles. The van der Waals surface area contributed by atoms with Crippen molar-refractivity contribution in [1.29, 1.82) is 0 Å². The van der Waals surface area contributed by atoms with Gasteiger partial charge >= 0.3 is 0 Å². The van der Waals surface area contributed by atoms with Crippen molar-refractivity contribution in [2.75, 3.05) is 19.6 Å². The largest absolute Gasteiger partial charge is 0.340 e. The summed E-state index contributed by atoms with van der Waals surface area (Å²) < 4.78 is 0. The van der Waals surface area contributed by atoms with Crippen molar-refractivity contribution in [2.24, 2.45) is 0 Å². The van der Waals surface area contributed by atoms with Gasteiger partial charge in [-0.15, -0.1) is 0 Å². The van der Waals surface area contributed by atoms with Crippen molar-refractivity contribution in [1.82, 2.24) is 9.80 Å². The SMILES string of the molecule is CCC(=O)N1CC2CCC(C1)N2C/C=C/c1ccccc1[N+](=O)[O-]. The van der Waals surface area contributed by atoms with Crippen molar-refractivity contribution in [2.45, 2.75) is 38.3 Å². The molecule has 2 aliphatic heterocycles. The fraction of sp³-hybridized carbons (Fsp3) is 0.500. The van der Waals surface area contributed by atoms with Gasteiger partial charge in [0.05, 0.1) is 10.5 Å². The highest BCUT2D eigenvalue weighted by Crippen LogP contribution is 2.30. The molecular weight excluding hydrogens is 306 g/mol. The summed E-state index contributed by atoms with van der Waals surface area (Å²) in [5, 5.41) is 11.1. The van der Waals surface area contributed by atoms with Gasteiger partial charge in [-0.25, -0.2) is 0 Å². The van der Waals surface area contributed by atoms with Crippen molar-refractivity contribution >= 4 is 17.7 Å². The van der Waals surface area contributed by atoms with E-state index in [1.807, 2.05) is 30.0 Å². The molecule has 24 heavy (non-hydrogen) atoms. The smallest absolute Gasteiger partial charge is 0.276 e. The molecule has 2 saturated heterocycles. The van der Waals surface area contributed by atoms with Crippen molar-refractivity contribution < 1.29 is 9.72 Å². The molecule has 2 heterocycles. The summed E-state index contributed by atoms with van der Waals surface area (Å²) in [4.78, 5) is 27.1. The second-order valence-corrected chi connectivity index (χ2v) is 6.45. The van der Waals surface area contributed by atoms with E-state index in [2.05, 4.69) is 4.90 Å². The molecule has 0 radical (unpaired) electrons. The van der Waals surface area contributed by atoms with Gasteiger partial charge < -0.3 is 4.90 Å². The Kier molecular flexibility index (Phi) is 4.94. The van der Waals surface area contributed by atoms with Gasteiger partial charge in [-0.3, -0.25) is 19.8 Å². The molecule has 6 heteroatoms. The van der Waals surface area contributed by atoms with E-state index >= 15 is 0 Å². The molecular formula is C18H23N3O3. The first-order valence-corrected chi connectivity index (χ1v) is 8.53. The zero-order valence-electron chi connectivity index (χ0n) is 13.9. The monoisotopic (exact) mass is 329 g/mol. The van der Waals surface area contributed by atoms with Crippen LogP contribution in [0, 0.1) is 10.1 Å². The predicted molar refractivity (Wildman–Crippen MR) is 92.5 cm³/mol. The minimum Gasteiger partial charge on any atom is -0.340 e. The van der Waals surface area contributed by atoms with E-state index in [1.54, 1.807) is 12.1 Å². The zero-order valence-corrected chi connectivity index (χ0v) is 13.9. The van der Waals surface area contributed by atoms with E-state index in [9.17, 15) is 14.9 Å². The molecule has 3 rings (SSSR count). The predicted octanol–water partition coefficient (Wildman–Crippen LogP) is 2.69. The highest BCUT2D eigenvalue weighted by atomic mass is 16.6. The highest BCUT2D eigenvalue weighted by Gasteiger charge is 2.40. The van der Waals surface area contributed by atoms with Crippen LogP contribution in [0.1, 0.15) is 31.7 Å². The maximum absolute atomic E-state index is 11.9. The van der Waals surface area contributed by atoms with Crippen LogP contribution in [0.25, 0.3) is 6.08 Å². The number of benzene rings is 1. The van der Waals surface area contributed by atoms with E-state index in [-0.39, 0.29) is 16.5 Å². The number of hydrogen-bond donors (Lipinski definition) is 0. The average molecular weight is 329 g/mol. The Labute approximate surface area is 141 Å². The molecule has 0 aromatic heterocycles. The molecule has 0 N–H and O–H groups in total. The van der Waals surface area contributed by atoms with Crippen molar-refractivity contribution in [3.05, 3.63) is 46.0 Å². The third-order valence-corrected chi connectivity index (χ3v) is 5.04. The lowest BCUT2D eigenvalue weighted by atomic mass is 10.1. The van der Waals surface area contributed by atoms with E-state index in [1.165, 1.54) is 6.07 Å². The third kappa shape index (κ3) is 3.33. The first-order chi connectivity index (χ1) is 11.6. The van der Waals surface area contributed by atoms with Crippen LogP contribution in [-0.4, -0.2) is 52.3 Å². The number of carbonyl (C=O) groups excluding carboxylic acids is 1. The fourth-order valence-corrected chi connectivity index (χ4v) is 3.81. The third-order valence-electron chi connectivity index (χ3n) is 5.04. The van der Waals surface area contributed by atoms with Crippen molar-refractivity contribution in [3.63, 3.8) is 0 Å². The Morgan fingerprint density at radius 3 is 2.58 bits per heavy atom. The molecule has 1 amide bonds. The quantitative estimate of drug-likeness (QED) is 0.615. The van der Waals surface area contributed by atoms with Gasteiger partial charge in [-0.05, 0) is 18.9 Å². The summed E-state index contributed by atoms with van der Waals surface area (Å²) >= 11 is 0. The average Bonchev–Trinajstić information content (AvgIpc) is 2.82. The summed E-state index contributed by atoms with van der Waals surface area (Å²) in [5.41, 5.74) is 0.768. The van der Waals surface area contributed by atoms with Crippen LogP contribution >= 0.6 is 0 Å². The highest BCUT2D eigenvalue weighted by molar-refractivity contribution is 5.76. The number of nitrogens with zero attached hydrogens (tertiary/aromatic N) is 3. The number of nitro benzene ring substituents is 1. The van der Waals surface area contributed by atoms with Gasteiger partial charge in [0.25, 0.3) is 5.69 Å². The summed E-state index contributed by atoms with van der Waals surface area (Å²) in [6.07, 6.45) is 6.65. The Hall–Kier alpha value is -2.21. The number of para-hydroxylation sites is 1. The lowest BCUT2D eigenvalue weighted by Gasteiger charge is -2.40. The molecule has 6 nitrogen and oxygen atoms in total. The van der Waals surface area contributed by atoms with Crippen LogP contribution in [0.5, 0.6) is 0 Å². The van der Waals surface area contributed by atoms with Gasteiger partial charge in [0.15, 0.2) is 0 Å². The lowest BCUT2D eigenvalue weighted by molar-refractivity contribution is -0.385. The minimum absolute atomic E-state index is 0.134. The standard InChI is InChI=1S/C18H23N3O3/c1-2-18(22)19-12-15-9-10-16(13-19)20(15)11-5-7-14-6-3-4-8-17(14)21(23)24/h3-8,15-16H,2,9-13H2,1H3/b7-5+. The zero-order chi connectivity index (χ0) is 17.1. The van der Waals surface area contributed by atoms with E-state index < -0.39 is 0 Å². The number of carbonyl (C=O) groups is 1. The number of amides is 1. The van der Waals surface area contributed by atoms with E-state index in [0.29, 0.717) is 24.1 Å². The summed E-state index contributed by atoms with van der Waals surface area (Å²) in [5.74, 6) is 0.238. The second-order valence-electron chi connectivity index (χ2n) is 6.45. The Morgan fingerprint density at radius 2 is 1.96 bits per heavy atom. The molecule has 0 spiro atoms. The van der Waals surface area contributed by atoms with E-state index in [0.717, 1.165) is 32.5 Å². The van der Waals surface area contributed by atoms with Crippen LogP contribution in [0.2, 0.25) is 0 Å². The molecule has 128 valence electrons. The number of piperazine rings is 1.